The van der Waals surface area contributed by atoms with Crippen LogP contribution in [0, 0.1) is 0 Å². The van der Waals surface area contributed by atoms with Crippen molar-refractivity contribution in [3.8, 4) is 0 Å². The third-order valence-corrected chi connectivity index (χ3v) is 5.75. The molecular formula is C23H27N5O2. The Morgan fingerprint density at radius 1 is 1.40 bits per heavy atom. The van der Waals surface area contributed by atoms with Crippen LogP contribution in [0.3, 0.4) is 0 Å². The van der Waals surface area contributed by atoms with Crippen molar-refractivity contribution >= 4 is 23.2 Å². The minimum atomic E-state index is -0.299. The third kappa shape index (κ3) is 4.35. The summed E-state index contributed by atoms with van der Waals surface area (Å²) in [4.78, 5) is 31.1. The number of nitrogens with zero attached hydrogens (tertiary/aromatic N) is 3. The van der Waals surface area contributed by atoms with E-state index < -0.39 is 0 Å². The smallest absolute Gasteiger partial charge is 0.246 e. The summed E-state index contributed by atoms with van der Waals surface area (Å²) in [6.45, 7) is 6.77. The lowest BCUT2D eigenvalue weighted by molar-refractivity contribution is -0.125. The number of carbonyl (C=O) groups excluding carboxylic acids is 2. The SMILES string of the molecule is C=CC(=O)N1CCC=C(c2ccc(C(CC)C(=O)Nc3cc(C4CC4)[nH]n3)cn2)C1. The van der Waals surface area contributed by atoms with Crippen molar-refractivity contribution in [2.45, 2.75) is 44.4 Å². The van der Waals surface area contributed by atoms with Gasteiger partial charge >= 0.3 is 0 Å². The van der Waals surface area contributed by atoms with Crippen molar-refractivity contribution in [1.29, 1.82) is 0 Å². The molecule has 1 atom stereocenters. The van der Waals surface area contributed by atoms with Crippen molar-refractivity contribution in [2.75, 3.05) is 18.4 Å². The average molecular weight is 406 g/mol. The zero-order chi connectivity index (χ0) is 21.1. The summed E-state index contributed by atoms with van der Waals surface area (Å²) < 4.78 is 0. The maximum absolute atomic E-state index is 12.8. The fourth-order valence-corrected chi connectivity index (χ4v) is 3.84. The molecule has 30 heavy (non-hydrogen) atoms. The van der Waals surface area contributed by atoms with Gasteiger partial charge in [0.25, 0.3) is 0 Å². The Kier molecular flexibility index (Phi) is 5.79. The molecule has 156 valence electrons. The Morgan fingerprint density at radius 2 is 2.23 bits per heavy atom. The summed E-state index contributed by atoms with van der Waals surface area (Å²) in [5, 5.41) is 10.1. The van der Waals surface area contributed by atoms with E-state index in [1.54, 1.807) is 11.1 Å². The lowest BCUT2D eigenvalue weighted by atomic mass is 9.96. The number of pyridine rings is 1. The molecule has 1 saturated carbocycles. The Hall–Kier alpha value is -3.22. The number of amides is 2. The van der Waals surface area contributed by atoms with Gasteiger partial charge in [-0.05, 0) is 49.0 Å². The number of hydrogen-bond donors (Lipinski definition) is 2. The number of hydrogen-bond acceptors (Lipinski definition) is 4. The van der Waals surface area contributed by atoms with Gasteiger partial charge < -0.3 is 10.2 Å². The van der Waals surface area contributed by atoms with E-state index in [-0.39, 0.29) is 17.7 Å². The minimum Gasteiger partial charge on any atom is -0.334 e. The van der Waals surface area contributed by atoms with Gasteiger partial charge in [0, 0.05) is 37.0 Å². The van der Waals surface area contributed by atoms with Gasteiger partial charge in [-0.15, -0.1) is 0 Å². The van der Waals surface area contributed by atoms with E-state index in [0.717, 1.165) is 28.9 Å². The summed E-state index contributed by atoms with van der Waals surface area (Å²) in [6.07, 6.45) is 9.05. The second-order valence-electron chi connectivity index (χ2n) is 7.89. The Morgan fingerprint density at radius 3 is 2.90 bits per heavy atom. The van der Waals surface area contributed by atoms with Crippen LogP contribution in [-0.4, -0.2) is 45.0 Å². The van der Waals surface area contributed by atoms with Crippen LogP contribution < -0.4 is 5.32 Å². The summed E-state index contributed by atoms with van der Waals surface area (Å²) in [5.41, 5.74) is 3.81. The van der Waals surface area contributed by atoms with Gasteiger partial charge in [0.1, 0.15) is 0 Å². The highest BCUT2D eigenvalue weighted by Crippen LogP contribution is 2.39. The Balaban J connectivity index is 1.43. The van der Waals surface area contributed by atoms with E-state index in [1.165, 1.54) is 18.9 Å². The molecular weight excluding hydrogens is 378 g/mol. The number of aromatic nitrogens is 3. The molecule has 0 aromatic carbocycles. The van der Waals surface area contributed by atoms with Crippen molar-refractivity contribution in [3.63, 3.8) is 0 Å². The predicted octanol–water partition coefficient (Wildman–Crippen LogP) is 3.62. The van der Waals surface area contributed by atoms with E-state index in [1.807, 2.05) is 25.1 Å². The maximum Gasteiger partial charge on any atom is 0.246 e. The van der Waals surface area contributed by atoms with Crippen molar-refractivity contribution < 1.29 is 9.59 Å². The number of nitrogens with one attached hydrogen (secondary N) is 2. The van der Waals surface area contributed by atoms with Crippen LogP contribution in [0.1, 0.15) is 61.4 Å². The van der Waals surface area contributed by atoms with Crippen LogP contribution in [-0.2, 0) is 9.59 Å². The molecule has 0 bridgehead atoms. The lowest BCUT2D eigenvalue weighted by Crippen LogP contribution is -2.34. The fourth-order valence-electron chi connectivity index (χ4n) is 3.84. The zero-order valence-corrected chi connectivity index (χ0v) is 17.2. The first kappa shape index (κ1) is 20.1. The van der Waals surface area contributed by atoms with Crippen LogP contribution >= 0.6 is 0 Å². The number of anilines is 1. The first-order valence-corrected chi connectivity index (χ1v) is 10.5. The highest BCUT2D eigenvalue weighted by Gasteiger charge is 2.26. The molecule has 1 fully saturated rings. The molecule has 2 aromatic heterocycles. The number of H-pyrrole nitrogens is 1. The molecule has 0 radical (unpaired) electrons. The summed E-state index contributed by atoms with van der Waals surface area (Å²) >= 11 is 0. The van der Waals surface area contributed by atoms with E-state index in [4.69, 9.17) is 0 Å². The topological polar surface area (TPSA) is 91.0 Å². The molecule has 1 aliphatic carbocycles. The molecule has 0 saturated heterocycles. The molecule has 2 amide bonds. The average Bonchev–Trinajstić information content (AvgIpc) is 3.53. The number of aromatic amines is 1. The zero-order valence-electron chi connectivity index (χ0n) is 17.2. The van der Waals surface area contributed by atoms with Crippen molar-refractivity contribution in [1.82, 2.24) is 20.1 Å². The Labute approximate surface area is 176 Å². The van der Waals surface area contributed by atoms with Gasteiger partial charge in [0.05, 0.1) is 11.6 Å². The lowest BCUT2D eigenvalue weighted by Gasteiger charge is -2.26. The number of carbonyl (C=O) groups is 2. The molecule has 7 nitrogen and oxygen atoms in total. The quantitative estimate of drug-likeness (QED) is 0.689. The van der Waals surface area contributed by atoms with Crippen molar-refractivity contribution in [3.05, 3.63) is 60.1 Å². The normalized spacial score (nSPS) is 17.2. The monoisotopic (exact) mass is 405 g/mol. The Bertz CT molecular complexity index is 972. The highest BCUT2D eigenvalue weighted by molar-refractivity contribution is 5.95. The first-order valence-electron chi connectivity index (χ1n) is 10.5. The first-order chi connectivity index (χ1) is 14.6. The van der Waals surface area contributed by atoms with Crippen LogP contribution in [0.5, 0.6) is 0 Å². The molecule has 7 heteroatoms. The molecule has 1 aliphatic heterocycles. The highest BCUT2D eigenvalue weighted by atomic mass is 16.2. The summed E-state index contributed by atoms with van der Waals surface area (Å²) in [6, 6.07) is 5.81. The number of rotatable bonds is 7. The van der Waals surface area contributed by atoms with Gasteiger partial charge in [-0.25, -0.2) is 0 Å². The third-order valence-electron chi connectivity index (χ3n) is 5.75. The standard InChI is InChI=1S/C23H27N5O2/c1-3-18(23(30)25-21-12-20(26-27-21)15-7-8-15)16-9-10-19(24-13-16)17-6-5-11-28(14-17)22(29)4-2/h4,6,9-10,12-13,15,18H,2-3,5,7-8,11,14H2,1H3,(H2,25,26,27,30). The van der Waals surface area contributed by atoms with Crippen LogP contribution in [0.15, 0.2) is 43.1 Å². The molecule has 3 heterocycles. The molecule has 4 rings (SSSR count). The van der Waals surface area contributed by atoms with Gasteiger partial charge in [-0.1, -0.05) is 25.6 Å². The summed E-state index contributed by atoms with van der Waals surface area (Å²) in [5.74, 6) is 0.688. The van der Waals surface area contributed by atoms with E-state index >= 15 is 0 Å². The van der Waals surface area contributed by atoms with Crippen molar-refractivity contribution in [2.24, 2.45) is 0 Å². The van der Waals surface area contributed by atoms with Gasteiger partial charge in [0.2, 0.25) is 11.8 Å². The second kappa shape index (κ2) is 8.65. The molecule has 2 aromatic rings. The fraction of sp³-hybridized carbons (Fsp3) is 0.391. The van der Waals surface area contributed by atoms with Gasteiger partial charge in [-0.3, -0.25) is 19.7 Å². The minimum absolute atomic E-state index is 0.0665. The van der Waals surface area contributed by atoms with E-state index in [0.29, 0.717) is 31.2 Å². The maximum atomic E-state index is 12.8. The van der Waals surface area contributed by atoms with Crippen LogP contribution in [0.4, 0.5) is 5.82 Å². The van der Waals surface area contributed by atoms with Crippen LogP contribution in [0.2, 0.25) is 0 Å². The largest absolute Gasteiger partial charge is 0.334 e. The molecule has 2 aliphatic rings. The van der Waals surface area contributed by atoms with E-state index in [2.05, 4.69) is 33.2 Å². The van der Waals surface area contributed by atoms with E-state index in [9.17, 15) is 9.59 Å². The second-order valence-corrected chi connectivity index (χ2v) is 7.89. The molecule has 1 unspecified atom stereocenters. The predicted molar refractivity (Wildman–Crippen MR) is 116 cm³/mol. The van der Waals surface area contributed by atoms with Crippen LogP contribution in [0.25, 0.3) is 5.57 Å². The molecule has 2 N–H and O–H groups in total. The van der Waals surface area contributed by atoms with Gasteiger partial charge in [0.15, 0.2) is 5.82 Å². The summed E-state index contributed by atoms with van der Waals surface area (Å²) in [7, 11) is 0. The van der Waals surface area contributed by atoms with Gasteiger partial charge in [-0.2, -0.15) is 5.10 Å². The molecule has 0 spiro atoms.